The van der Waals surface area contributed by atoms with Crippen molar-refractivity contribution in [3.63, 3.8) is 0 Å². The van der Waals surface area contributed by atoms with Crippen molar-refractivity contribution < 1.29 is 14.7 Å². The minimum Gasteiger partial charge on any atom is -0.388 e. The Morgan fingerprint density at radius 3 is 2.57 bits per heavy atom. The molecule has 0 aliphatic rings. The minimum atomic E-state index is -0.726. The van der Waals surface area contributed by atoms with E-state index in [-0.39, 0.29) is 13.1 Å². The van der Waals surface area contributed by atoms with E-state index in [1.807, 2.05) is 17.5 Å². The summed E-state index contributed by atoms with van der Waals surface area (Å²) < 4.78 is 0. The van der Waals surface area contributed by atoms with Crippen molar-refractivity contribution in [3.8, 4) is 0 Å². The SMILES string of the molecule is O=C(NCC[C@@H](O)c1cccs1)C(=O)NCc1ccccc1Cl. The standard InChI is InChI=1S/C16H17ClN2O3S/c17-12-5-2-1-4-11(12)10-19-16(22)15(21)18-8-7-13(20)14-6-3-9-23-14/h1-6,9,13,20H,7-8,10H2,(H,18,21)(H,19,22)/t13-/m1/s1. The fourth-order valence-electron chi connectivity index (χ4n) is 1.92. The summed E-state index contributed by atoms with van der Waals surface area (Å²) >= 11 is 7.42. The first-order valence-electron chi connectivity index (χ1n) is 7.09. The van der Waals surface area contributed by atoms with Crippen molar-refractivity contribution in [2.45, 2.75) is 19.1 Å². The van der Waals surface area contributed by atoms with Gasteiger partial charge in [0.1, 0.15) is 0 Å². The lowest BCUT2D eigenvalue weighted by atomic mass is 10.2. The van der Waals surface area contributed by atoms with Gasteiger partial charge in [0.05, 0.1) is 6.10 Å². The molecule has 0 fully saturated rings. The quantitative estimate of drug-likeness (QED) is 0.698. The number of nitrogens with one attached hydrogen (secondary N) is 2. The maximum absolute atomic E-state index is 11.7. The number of carbonyl (C=O) groups is 2. The predicted molar refractivity (Wildman–Crippen MR) is 90.2 cm³/mol. The second-order valence-electron chi connectivity index (χ2n) is 4.85. The number of halogens is 1. The van der Waals surface area contributed by atoms with Crippen LogP contribution in [0.5, 0.6) is 0 Å². The number of hydrogen-bond acceptors (Lipinski definition) is 4. The fraction of sp³-hybridized carbons (Fsp3) is 0.250. The highest BCUT2D eigenvalue weighted by Gasteiger charge is 2.14. The molecule has 0 aliphatic heterocycles. The van der Waals surface area contributed by atoms with Gasteiger partial charge in [-0.1, -0.05) is 35.9 Å². The maximum atomic E-state index is 11.7. The van der Waals surface area contributed by atoms with Gasteiger partial charge in [-0.05, 0) is 29.5 Å². The highest BCUT2D eigenvalue weighted by molar-refractivity contribution is 7.10. The number of carbonyl (C=O) groups excluding carboxylic acids is 2. The molecular weight excluding hydrogens is 336 g/mol. The number of rotatable bonds is 6. The van der Waals surface area contributed by atoms with Crippen molar-refractivity contribution >= 4 is 34.8 Å². The van der Waals surface area contributed by atoms with Gasteiger partial charge < -0.3 is 15.7 Å². The van der Waals surface area contributed by atoms with Crippen molar-refractivity contribution in [1.29, 1.82) is 0 Å². The Morgan fingerprint density at radius 2 is 1.87 bits per heavy atom. The van der Waals surface area contributed by atoms with Crippen LogP contribution in [0, 0.1) is 0 Å². The van der Waals surface area contributed by atoms with Crippen LogP contribution in [-0.4, -0.2) is 23.5 Å². The summed E-state index contributed by atoms with van der Waals surface area (Å²) in [6, 6.07) is 10.8. The van der Waals surface area contributed by atoms with Gasteiger partial charge in [0, 0.05) is 23.0 Å². The molecule has 2 rings (SSSR count). The average molecular weight is 353 g/mol. The van der Waals surface area contributed by atoms with Crippen LogP contribution in [0.4, 0.5) is 0 Å². The van der Waals surface area contributed by atoms with Crippen LogP contribution in [0.15, 0.2) is 41.8 Å². The van der Waals surface area contributed by atoms with Crippen LogP contribution in [-0.2, 0) is 16.1 Å². The highest BCUT2D eigenvalue weighted by Crippen LogP contribution is 2.20. The van der Waals surface area contributed by atoms with Crippen LogP contribution in [0.25, 0.3) is 0 Å². The molecule has 0 bridgehead atoms. The van der Waals surface area contributed by atoms with Gasteiger partial charge in [0.2, 0.25) is 0 Å². The van der Waals surface area contributed by atoms with Gasteiger partial charge in [-0.25, -0.2) is 0 Å². The summed E-state index contributed by atoms with van der Waals surface area (Å²) in [5.74, 6) is -1.45. The van der Waals surface area contributed by atoms with E-state index in [0.717, 1.165) is 10.4 Å². The van der Waals surface area contributed by atoms with E-state index >= 15 is 0 Å². The van der Waals surface area contributed by atoms with Crippen molar-refractivity contribution in [3.05, 3.63) is 57.2 Å². The lowest BCUT2D eigenvalue weighted by Gasteiger charge is -2.10. The van der Waals surface area contributed by atoms with E-state index in [4.69, 9.17) is 11.6 Å². The average Bonchev–Trinajstić information content (AvgIpc) is 3.08. The van der Waals surface area contributed by atoms with Crippen molar-refractivity contribution in [1.82, 2.24) is 10.6 Å². The van der Waals surface area contributed by atoms with Crippen LogP contribution < -0.4 is 10.6 Å². The maximum Gasteiger partial charge on any atom is 0.309 e. The smallest absolute Gasteiger partial charge is 0.309 e. The Bertz CT molecular complexity index is 661. The molecule has 1 aromatic carbocycles. The third-order valence-electron chi connectivity index (χ3n) is 3.18. The highest BCUT2D eigenvalue weighted by atomic mass is 35.5. The van der Waals surface area contributed by atoms with Crippen LogP contribution in [0.2, 0.25) is 5.02 Å². The van der Waals surface area contributed by atoms with Crippen molar-refractivity contribution in [2.75, 3.05) is 6.54 Å². The molecule has 0 saturated carbocycles. The van der Waals surface area contributed by atoms with Gasteiger partial charge in [-0.2, -0.15) is 0 Å². The molecule has 0 spiro atoms. The van der Waals surface area contributed by atoms with E-state index in [1.165, 1.54) is 11.3 Å². The fourth-order valence-corrected chi connectivity index (χ4v) is 2.87. The molecule has 3 N–H and O–H groups in total. The Morgan fingerprint density at radius 1 is 1.13 bits per heavy atom. The Hall–Kier alpha value is -1.89. The largest absolute Gasteiger partial charge is 0.388 e. The van der Waals surface area contributed by atoms with Crippen LogP contribution >= 0.6 is 22.9 Å². The first-order chi connectivity index (χ1) is 11.1. The number of aliphatic hydroxyl groups is 1. The third kappa shape index (κ3) is 5.35. The van der Waals surface area contributed by atoms with E-state index < -0.39 is 17.9 Å². The van der Waals surface area contributed by atoms with E-state index in [0.29, 0.717) is 11.4 Å². The number of aliphatic hydroxyl groups excluding tert-OH is 1. The zero-order chi connectivity index (χ0) is 16.7. The van der Waals surface area contributed by atoms with Gasteiger partial charge in [0.25, 0.3) is 0 Å². The third-order valence-corrected chi connectivity index (χ3v) is 4.52. The topological polar surface area (TPSA) is 78.4 Å². The summed E-state index contributed by atoms with van der Waals surface area (Å²) in [7, 11) is 0. The zero-order valence-electron chi connectivity index (χ0n) is 12.3. The van der Waals surface area contributed by atoms with Crippen LogP contribution in [0.3, 0.4) is 0 Å². The molecule has 7 heteroatoms. The Kier molecular flexibility index (Phi) is 6.58. The first kappa shape index (κ1) is 17.5. The van der Waals surface area contributed by atoms with Crippen LogP contribution in [0.1, 0.15) is 23.0 Å². The van der Waals surface area contributed by atoms with Gasteiger partial charge >= 0.3 is 11.8 Å². The summed E-state index contributed by atoms with van der Waals surface area (Å²) in [5.41, 5.74) is 0.739. The number of benzene rings is 1. The van der Waals surface area contributed by atoms with Crippen molar-refractivity contribution in [2.24, 2.45) is 0 Å². The molecule has 5 nitrogen and oxygen atoms in total. The molecule has 122 valence electrons. The predicted octanol–water partition coefficient (Wildman–Crippen LogP) is 2.26. The van der Waals surface area contributed by atoms with E-state index in [1.54, 1.807) is 24.3 Å². The molecule has 0 radical (unpaired) electrons. The molecule has 23 heavy (non-hydrogen) atoms. The molecule has 1 heterocycles. The van der Waals surface area contributed by atoms with Gasteiger partial charge in [0.15, 0.2) is 0 Å². The monoisotopic (exact) mass is 352 g/mol. The molecular formula is C16H17ClN2O3S. The Balaban J connectivity index is 1.71. The number of amides is 2. The first-order valence-corrected chi connectivity index (χ1v) is 8.34. The minimum absolute atomic E-state index is 0.184. The lowest BCUT2D eigenvalue weighted by molar-refractivity contribution is -0.139. The molecule has 0 aliphatic carbocycles. The molecule has 2 aromatic rings. The van der Waals surface area contributed by atoms with E-state index in [9.17, 15) is 14.7 Å². The van der Waals surface area contributed by atoms with Gasteiger partial charge in [-0.3, -0.25) is 9.59 Å². The Labute approximate surface area is 143 Å². The molecule has 1 atom stereocenters. The number of thiophene rings is 1. The normalized spacial score (nSPS) is 11.7. The molecule has 0 unspecified atom stereocenters. The van der Waals surface area contributed by atoms with Gasteiger partial charge in [-0.15, -0.1) is 11.3 Å². The summed E-state index contributed by atoms with van der Waals surface area (Å²) in [4.78, 5) is 24.2. The second-order valence-corrected chi connectivity index (χ2v) is 6.24. The molecule has 0 saturated heterocycles. The second kappa shape index (κ2) is 8.67. The number of hydrogen-bond donors (Lipinski definition) is 3. The zero-order valence-corrected chi connectivity index (χ0v) is 13.9. The molecule has 1 aromatic heterocycles. The van der Waals surface area contributed by atoms with E-state index in [2.05, 4.69) is 10.6 Å². The lowest BCUT2D eigenvalue weighted by Crippen LogP contribution is -2.40. The summed E-state index contributed by atoms with van der Waals surface area (Å²) in [6.45, 7) is 0.404. The summed E-state index contributed by atoms with van der Waals surface area (Å²) in [6.07, 6.45) is -0.286. The molecule has 2 amide bonds. The summed E-state index contributed by atoms with van der Waals surface area (Å²) in [5, 5.41) is 17.3.